The summed E-state index contributed by atoms with van der Waals surface area (Å²) in [5, 5.41) is 0. The molecule has 1 atom stereocenters. The molecule has 1 saturated heterocycles. The van der Waals surface area contributed by atoms with Crippen LogP contribution < -0.4 is 4.72 Å². The highest BCUT2D eigenvalue weighted by molar-refractivity contribution is 7.92. The average molecular weight is 307 g/mol. The molecule has 0 radical (unpaired) electrons. The fourth-order valence-corrected chi connectivity index (χ4v) is 3.04. The number of rotatable bonds is 4. The Morgan fingerprint density at radius 1 is 1.33 bits per heavy atom. The third kappa shape index (κ3) is 3.25. The maximum absolute atomic E-state index is 11.2. The summed E-state index contributed by atoms with van der Waals surface area (Å²) < 4.78 is 32.3. The van der Waals surface area contributed by atoms with Crippen LogP contribution in [0.5, 0.6) is 0 Å². The van der Waals surface area contributed by atoms with Crippen LogP contribution >= 0.6 is 0 Å². The number of hydrogen-bond donors (Lipinski definition) is 1. The molecular formula is C14H17N3O3S. The SMILES string of the molecule is CS(=O)(=O)Nc1ccc(-n2ccnc2[C@@H]2CCOC2)cc1. The minimum Gasteiger partial charge on any atom is -0.381 e. The van der Waals surface area contributed by atoms with Crippen LogP contribution in [-0.2, 0) is 14.8 Å². The molecule has 7 heteroatoms. The largest absolute Gasteiger partial charge is 0.381 e. The van der Waals surface area contributed by atoms with Crippen LogP contribution in [0.15, 0.2) is 36.7 Å². The predicted molar refractivity (Wildman–Crippen MR) is 80.2 cm³/mol. The van der Waals surface area contributed by atoms with Crippen molar-refractivity contribution in [1.29, 1.82) is 0 Å². The molecule has 0 spiro atoms. The molecule has 0 amide bonds. The van der Waals surface area contributed by atoms with E-state index in [1.807, 2.05) is 22.9 Å². The number of benzene rings is 1. The van der Waals surface area contributed by atoms with Crippen LogP contribution in [0.3, 0.4) is 0 Å². The zero-order valence-electron chi connectivity index (χ0n) is 11.7. The minimum atomic E-state index is -3.25. The second-order valence-electron chi connectivity index (χ2n) is 5.14. The van der Waals surface area contributed by atoms with Gasteiger partial charge in [0, 0.05) is 36.3 Å². The van der Waals surface area contributed by atoms with E-state index in [4.69, 9.17) is 4.74 Å². The van der Waals surface area contributed by atoms with Gasteiger partial charge in [-0.1, -0.05) is 0 Å². The fraction of sp³-hybridized carbons (Fsp3) is 0.357. The molecule has 1 aliphatic rings. The van der Waals surface area contributed by atoms with Crippen LogP contribution in [0, 0.1) is 0 Å². The van der Waals surface area contributed by atoms with E-state index in [2.05, 4.69) is 9.71 Å². The maximum Gasteiger partial charge on any atom is 0.229 e. The summed E-state index contributed by atoms with van der Waals surface area (Å²) in [7, 11) is -3.25. The molecule has 6 nitrogen and oxygen atoms in total. The number of imidazole rings is 1. The number of anilines is 1. The van der Waals surface area contributed by atoms with E-state index < -0.39 is 10.0 Å². The Labute approximate surface area is 123 Å². The van der Waals surface area contributed by atoms with Crippen molar-refractivity contribution in [3.05, 3.63) is 42.5 Å². The molecule has 2 heterocycles. The molecule has 1 aliphatic heterocycles. The summed E-state index contributed by atoms with van der Waals surface area (Å²) in [6.45, 7) is 1.47. The number of sulfonamides is 1. The third-order valence-electron chi connectivity index (χ3n) is 3.41. The van der Waals surface area contributed by atoms with Crippen molar-refractivity contribution in [2.75, 3.05) is 24.2 Å². The standard InChI is InChI=1S/C14H17N3O3S/c1-21(18,19)16-12-2-4-13(5-3-12)17-8-7-15-14(17)11-6-9-20-10-11/h2-5,7-8,11,16H,6,9-10H2,1H3/t11-/m1/s1. The predicted octanol–water partition coefficient (Wildman–Crippen LogP) is 1.75. The van der Waals surface area contributed by atoms with Crippen molar-refractivity contribution in [2.24, 2.45) is 0 Å². The zero-order valence-corrected chi connectivity index (χ0v) is 12.5. The molecule has 1 fully saturated rings. The molecule has 3 rings (SSSR count). The smallest absolute Gasteiger partial charge is 0.229 e. The van der Waals surface area contributed by atoms with Crippen molar-refractivity contribution >= 4 is 15.7 Å². The topological polar surface area (TPSA) is 73.2 Å². The van der Waals surface area contributed by atoms with Crippen molar-refractivity contribution < 1.29 is 13.2 Å². The van der Waals surface area contributed by atoms with Gasteiger partial charge in [0.1, 0.15) is 5.82 Å². The molecule has 0 unspecified atom stereocenters. The van der Waals surface area contributed by atoms with Gasteiger partial charge < -0.3 is 9.30 Å². The van der Waals surface area contributed by atoms with Gasteiger partial charge in [0.25, 0.3) is 0 Å². The summed E-state index contributed by atoms with van der Waals surface area (Å²) in [5.74, 6) is 1.30. The summed E-state index contributed by atoms with van der Waals surface area (Å²) in [6, 6.07) is 7.22. The molecule has 0 aliphatic carbocycles. The van der Waals surface area contributed by atoms with E-state index >= 15 is 0 Å². The number of nitrogens with one attached hydrogen (secondary N) is 1. The highest BCUT2D eigenvalue weighted by atomic mass is 32.2. The lowest BCUT2D eigenvalue weighted by molar-refractivity contribution is 0.193. The van der Waals surface area contributed by atoms with Crippen LogP contribution in [0.25, 0.3) is 5.69 Å². The van der Waals surface area contributed by atoms with Crippen LogP contribution in [0.1, 0.15) is 18.2 Å². The number of aromatic nitrogens is 2. The first-order valence-electron chi connectivity index (χ1n) is 6.72. The second-order valence-corrected chi connectivity index (χ2v) is 6.89. The van der Waals surface area contributed by atoms with Crippen LogP contribution in [0.2, 0.25) is 0 Å². The second kappa shape index (κ2) is 5.50. The molecule has 21 heavy (non-hydrogen) atoms. The lowest BCUT2D eigenvalue weighted by Gasteiger charge is -2.12. The van der Waals surface area contributed by atoms with Gasteiger partial charge in [-0.05, 0) is 30.7 Å². The highest BCUT2D eigenvalue weighted by Gasteiger charge is 2.22. The van der Waals surface area contributed by atoms with E-state index in [-0.39, 0.29) is 0 Å². The van der Waals surface area contributed by atoms with Crippen molar-refractivity contribution in [2.45, 2.75) is 12.3 Å². The van der Waals surface area contributed by atoms with Gasteiger partial charge >= 0.3 is 0 Å². The lowest BCUT2D eigenvalue weighted by atomic mass is 10.1. The van der Waals surface area contributed by atoms with E-state index in [0.29, 0.717) is 18.2 Å². The molecular weight excluding hydrogens is 290 g/mol. The molecule has 1 N–H and O–H groups in total. The molecule has 1 aromatic carbocycles. The molecule has 1 aromatic heterocycles. The Morgan fingerprint density at radius 2 is 2.10 bits per heavy atom. The summed E-state index contributed by atoms with van der Waals surface area (Å²) >= 11 is 0. The first-order valence-corrected chi connectivity index (χ1v) is 8.61. The highest BCUT2D eigenvalue weighted by Crippen LogP contribution is 2.26. The minimum absolute atomic E-state index is 0.314. The van der Waals surface area contributed by atoms with E-state index in [0.717, 1.165) is 30.8 Å². The van der Waals surface area contributed by atoms with Gasteiger partial charge in [-0.3, -0.25) is 4.72 Å². The van der Waals surface area contributed by atoms with E-state index in [1.54, 1.807) is 18.3 Å². The Hall–Kier alpha value is -1.86. The van der Waals surface area contributed by atoms with Crippen LogP contribution in [-0.4, -0.2) is 37.4 Å². The van der Waals surface area contributed by atoms with Gasteiger partial charge in [0.2, 0.25) is 10.0 Å². The van der Waals surface area contributed by atoms with E-state index in [1.165, 1.54) is 0 Å². The number of hydrogen-bond acceptors (Lipinski definition) is 4. The summed E-state index contributed by atoms with van der Waals surface area (Å²) in [5.41, 5.74) is 1.50. The number of ether oxygens (including phenoxy) is 1. The Kier molecular flexibility index (Phi) is 3.69. The summed E-state index contributed by atoms with van der Waals surface area (Å²) in [6.07, 6.45) is 5.79. The van der Waals surface area contributed by atoms with Gasteiger partial charge in [0.05, 0.1) is 12.9 Å². The monoisotopic (exact) mass is 307 g/mol. The van der Waals surface area contributed by atoms with Gasteiger partial charge in [0.15, 0.2) is 0 Å². The van der Waals surface area contributed by atoms with Crippen LogP contribution in [0.4, 0.5) is 5.69 Å². The first-order chi connectivity index (χ1) is 10.0. The molecule has 2 aromatic rings. The lowest BCUT2D eigenvalue weighted by Crippen LogP contribution is -2.10. The fourth-order valence-electron chi connectivity index (χ4n) is 2.48. The van der Waals surface area contributed by atoms with E-state index in [9.17, 15) is 8.42 Å². The zero-order chi connectivity index (χ0) is 14.9. The van der Waals surface area contributed by atoms with Crippen molar-refractivity contribution in [1.82, 2.24) is 9.55 Å². The van der Waals surface area contributed by atoms with Crippen molar-refractivity contribution in [3.8, 4) is 5.69 Å². The van der Waals surface area contributed by atoms with Gasteiger partial charge in [-0.15, -0.1) is 0 Å². The average Bonchev–Trinajstić information content (AvgIpc) is 3.08. The molecule has 112 valence electrons. The Bertz CT molecular complexity index is 716. The molecule has 0 saturated carbocycles. The summed E-state index contributed by atoms with van der Waals surface area (Å²) in [4.78, 5) is 4.43. The third-order valence-corrected chi connectivity index (χ3v) is 4.02. The quantitative estimate of drug-likeness (QED) is 0.934. The van der Waals surface area contributed by atoms with Gasteiger partial charge in [-0.2, -0.15) is 0 Å². The molecule has 0 bridgehead atoms. The first kappa shape index (κ1) is 14.1. The normalized spacial score (nSPS) is 18.8. The van der Waals surface area contributed by atoms with Gasteiger partial charge in [-0.25, -0.2) is 13.4 Å². The number of nitrogens with zero attached hydrogens (tertiary/aromatic N) is 2. The Balaban J connectivity index is 1.86. The Morgan fingerprint density at radius 3 is 2.71 bits per heavy atom. The maximum atomic E-state index is 11.2. The van der Waals surface area contributed by atoms with Crippen molar-refractivity contribution in [3.63, 3.8) is 0 Å².